The van der Waals surface area contributed by atoms with Gasteiger partial charge >= 0.3 is 5.97 Å². The lowest BCUT2D eigenvalue weighted by atomic mass is 10.2. The maximum absolute atomic E-state index is 11.7. The Morgan fingerprint density at radius 1 is 1.19 bits per heavy atom. The zero-order valence-electron chi connectivity index (χ0n) is 13.3. The summed E-state index contributed by atoms with van der Waals surface area (Å²) < 4.78 is 10.7. The van der Waals surface area contributed by atoms with Crippen LogP contribution < -0.4 is 5.73 Å². The van der Waals surface area contributed by atoms with Gasteiger partial charge in [0.15, 0.2) is 0 Å². The molecule has 0 spiro atoms. The van der Waals surface area contributed by atoms with Gasteiger partial charge in [-0.25, -0.2) is 0 Å². The molecule has 5 heteroatoms. The topological polar surface area (TPSA) is 61.5 Å². The van der Waals surface area contributed by atoms with Crippen LogP contribution >= 0.6 is 0 Å². The van der Waals surface area contributed by atoms with Gasteiger partial charge in [-0.2, -0.15) is 0 Å². The van der Waals surface area contributed by atoms with Crippen molar-refractivity contribution in [2.24, 2.45) is 5.73 Å². The monoisotopic (exact) mass is 309 g/mol. The molecule has 1 atom stereocenters. The lowest BCUT2D eigenvalue weighted by Crippen LogP contribution is -2.34. The van der Waals surface area contributed by atoms with Gasteiger partial charge in [0.25, 0.3) is 0 Å². The maximum Gasteiger partial charge on any atom is 0.322 e. The highest BCUT2D eigenvalue weighted by molar-refractivity contribution is 6.76. The van der Waals surface area contributed by atoms with E-state index in [4.69, 9.17) is 15.2 Å². The highest BCUT2D eigenvalue weighted by atomic mass is 28.3. The SMILES string of the molecule is C[Si](C)(C)CCOC(=O)[C@H](N)CCOCc1ccccc1. The summed E-state index contributed by atoms with van der Waals surface area (Å²) in [5, 5.41) is 0. The highest BCUT2D eigenvalue weighted by Gasteiger charge is 2.17. The molecule has 1 aromatic rings. The smallest absolute Gasteiger partial charge is 0.322 e. The van der Waals surface area contributed by atoms with Crippen molar-refractivity contribution in [3.05, 3.63) is 35.9 Å². The van der Waals surface area contributed by atoms with E-state index in [2.05, 4.69) is 19.6 Å². The van der Waals surface area contributed by atoms with Crippen LogP contribution in [0, 0.1) is 0 Å². The minimum atomic E-state index is -1.17. The molecule has 0 heterocycles. The second kappa shape index (κ2) is 8.97. The van der Waals surface area contributed by atoms with E-state index in [0.29, 0.717) is 26.2 Å². The van der Waals surface area contributed by atoms with Gasteiger partial charge < -0.3 is 15.2 Å². The molecule has 0 radical (unpaired) electrons. The molecule has 0 saturated carbocycles. The molecular formula is C16H27NO3Si. The summed E-state index contributed by atoms with van der Waals surface area (Å²) in [5.74, 6) is -0.323. The van der Waals surface area contributed by atoms with Gasteiger partial charge in [0.2, 0.25) is 0 Å². The minimum Gasteiger partial charge on any atom is -0.465 e. The second-order valence-electron chi connectivity index (χ2n) is 6.41. The van der Waals surface area contributed by atoms with Crippen LogP contribution in [0.4, 0.5) is 0 Å². The van der Waals surface area contributed by atoms with Crippen LogP contribution in [0.15, 0.2) is 30.3 Å². The Balaban J connectivity index is 2.12. The molecule has 0 fully saturated rings. The first-order chi connectivity index (χ1) is 9.88. The predicted octanol–water partition coefficient (Wildman–Crippen LogP) is 2.80. The van der Waals surface area contributed by atoms with Crippen molar-refractivity contribution in [1.82, 2.24) is 0 Å². The van der Waals surface area contributed by atoms with Crippen LogP contribution in [-0.4, -0.2) is 33.3 Å². The third-order valence-electron chi connectivity index (χ3n) is 3.08. The number of nitrogens with two attached hydrogens (primary N) is 1. The fraction of sp³-hybridized carbons (Fsp3) is 0.562. The van der Waals surface area contributed by atoms with E-state index in [1.165, 1.54) is 0 Å². The van der Waals surface area contributed by atoms with Gasteiger partial charge in [-0.1, -0.05) is 50.0 Å². The lowest BCUT2D eigenvalue weighted by Gasteiger charge is -2.17. The molecule has 0 aliphatic carbocycles. The Labute approximate surface area is 128 Å². The summed E-state index contributed by atoms with van der Waals surface area (Å²) in [6.45, 7) is 8.22. The van der Waals surface area contributed by atoms with E-state index in [1.54, 1.807) is 0 Å². The Kier molecular flexibility index (Phi) is 7.64. The van der Waals surface area contributed by atoms with Crippen molar-refractivity contribution in [2.45, 2.75) is 44.8 Å². The van der Waals surface area contributed by atoms with E-state index in [-0.39, 0.29) is 5.97 Å². The molecule has 2 N–H and O–H groups in total. The van der Waals surface area contributed by atoms with Crippen LogP contribution in [-0.2, 0) is 20.9 Å². The molecule has 118 valence electrons. The fourth-order valence-corrected chi connectivity index (χ4v) is 2.37. The van der Waals surface area contributed by atoms with Crippen molar-refractivity contribution in [3.63, 3.8) is 0 Å². The van der Waals surface area contributed by atoms with Crippen LogP contribution in [0.2, 0.25) is 25.7 Å². The molecule has 0 bridgehead atoms. The van der Waals surface area contributed by atoms with Crippen molar-refractivity contribution >= 4 is 14.0 Å². The molecule has 4 nitrogen and oxygen atoms in total. The first kappa shape index (κ1) is 17.9. The van der Waals surface area contributed by atoms with Crippen LogP contribution in [0.1, 0.15) is 12.0 Å². The van der Waals surface area contributed by atoms with Crippen molar-refractivity contribution < 1.29 is 14.3 Å². The third-order valence-corrected chi connectivity index (χ3v) is 4.79. The van der Waals surface area contributed by atoms with Crippen LogP contribution in [0.3, 0.4) is 0 Å². The van der Waals surface area contributed by atoms with E-state index >= 15 is 0 Å². The van der Waals surface area contributed by atoms with E-state index < -0.39 is 14.1 Å². The Bertz CT molecular complexity index is 417. The standard InChI is InChI=1S/C16H27NO3Si/c1-21(2,3)12-11-20-16(18)15(17)9-10-19-13-14-7-5-4-6-8-14/h4-8,15H,9-13,17H2,1-3H3/t15-/m1/s1. The van der Waals surface area contributed by atoms with Crippen molar-refractivity contribution in [3.8, 4) is 0 Å². The number of ether oxygens (including phenoxy) is 2. The fourth-order valence-electron chi connectivity index (χ4n) is 1.66. The van der Waals surface area contributed by atoms with Gasteiger partial charge in [-0.15, -0.1) is 0 Å². The number of carbonyl (C=O) groups excluding carboxylic acids is 1. The molecule has 0 aromatic heterocycles. The minimum absolute atomic E-state index is 0.323. The first-order valence-electron chi connectivity index (χ1n) is 7.42. The lowest BCUT2D eigenvalue weighted by molar-refractivity contribution is -0.145. The summed E-state index contributed by atoms with van der Waals surface area (Å²) in [4.78, 5) is 11.7. The molecule has 0 unspecified atom stereocenters. The molecule has 21 heavy (non-hydrogen) atoms. The molecule has 0 amide bonds. The van der Waals surface area contributed by atoms with Gasteiger partial charge in [-0.3, -0.25) is 4.79 Å². The van der Waals surface area contributed by atoms with Crippen molar-refractivity contribution in [2.75, 3.05) is 13.2 Å². The zero-order chi connectivity index (χ0) is 15.7. The number of hydrogen-bond donors (Lipinski definition) is 1. The summed E-state index contributed by atoms with van der Waals surface area (Å²) in [5.41, 5.74) is 6.92. The Morgan fingerprint density at radius 2 is 1.86 bits per heavy atom. The molecular weight excluding hydrogens is 282 g/mol. The van der Waals surface area contributed by atoms with E-state index in [1.807, 2.05) is 30.3 Å². The number of hydrogen-bond acceptors (Lipinski definition) is 4. The molecule has 0 aliphatic heterocycles. The summed E-state index contributed by atoms with van der Waals surface area (Å²) in [6.07, 6.45) is 0.485. The molecule has 0 aliphatic rings. The normalized spacial score (nSPS) is 13.0. The van der Waals surface area contributed by atoms with Gasteiger partial charge in [0, 0.05) is 14.7 Å². The van der Waals surface area contributed by atoms with Gasteiger partial charge in [0.1, 0.15) is 6.04 Å². The predicted molar refractivity (Wildman–Crippen MR) is 87.8 cm³/mol. The van der Waals surface area contributed by atoms with E-state index in [9.17, 15) is 4.79 Å². The number of carbonyl (C=O) groups is 1. The van der Waals surface area contributed by atoms with Gasteiger partial charge in [0.05, 0.1) is 13.2 Å². The average molecular weight is 309 g/mol. The Hall–Kier alpha value is -1.17. The summed E-state index contributed by atoms with van der Waals surface area (Å²) in [6, 6.07) is 10.3. The molecule has 1 rings (SSSR count). The number of esters is 1. The Morgan fingerprint density at radius 3 is 2.48 bits per heavy atom. The number of rotatable bonds is 9. The largest absolute Gasteiger partial charge is 0.465 e. The first-order valence-corrected chi connectivity index (χ1v) is 11.1. The average Bonchev–Trinajstić information content (AvgIpc) is 2.43. The van der Waals surface area contributed by atoms with Crippen molar-refractivity contribution in [1.29, 1.82) is 0 Å². The number of benzene rings is 1. The maximum atomic E-state index is 11.7. The summed E-state index contributed by atoms with van der Waals surface area (Å²) in [7, 11) is -1.17. The highest BCUT2D eigenvalue weighted by Crippen LogP contribution is 2.08. The van der Waals surface area contributed by atoms with Crippen LogP contribution in [0.5, 0.6) is 0 Å². The summed E-state index contributed by atoms with van der Waals surface area (Å²) >= 11 is 0. The molecule has 0 saturated heterocycles. The second-order valence-corrected chi connectivity index (χ2v) is 12.0. The van der Waals surface area contributed by atoms with E-state index in [0.717, 1.165) is 11.6 Å². The third kappa shape index (κ3) is 8.65. The van der Waals surface area contributed by atoms with Crippen LogP contribution in [0.25, 0.3) is 0 Å². The quantitative estimate of drug-likeness (QED) is 0.433. The van der Waals surface area contributed by atoms with Gasteiger partial charge in [-0.05, 0) is 18.0 Å². The molecule has 1 aromatic carbocycles. The zero-order valence-corrected chi connectivity index (χ0v) is 14.3.